The molecule has 2 rings (SSSR count). The van der Waals surface area contributed by atoms with Crippen LogP contribution in [-0.2, 0) is 12.8 Å². The molecule has 106 valence electrons. The summed E-state index contributed by atoms with van der Waals surface area (Å²) in [7, 11) is 0. The summed E-state index contributed by atoms with van der Waals surface area (Å²) in [6.07, 6.45) is 1.79. The second-order valence-corrected chi connectivity index (χ2v) is 5.78. The van der Waals surface area contributed by atoms with Gasteiger partial charge in [0.15, 0.2) is 0 Å². The van der Waals surface area contributed by atoms with Crippen LogP contribution >= 0.6 is 0 Å². The summed E-state index contributed by atoms with van der Waals surface area (Å²) in [6, 6.07) is 15.0. The highest BCUT2D eigenvalue weighted by atomic mass is 19.1. The molecule has 0 saturated heterocycles. The summed E-state index contributed by atoms with van der Waals surface area (Å²) in [5.74, 6) is 0.430. The zero-order valence-corrected chi connectivity index (χ0v) is 12.1. The fraction of sp³-hybridized carbons (Fsp3) is 0.333. The minimum absolute atomic E-state index is 0.0485. The van der Waals surface area contributed by atoms with Crippen LogP contribution in [-0.4, -0.2) is 0 Å². The first kappa shape index (κ1) is 14.7. The Labute approximate surface area is 120 Å². The maximum absolute atomic E-state index is 12.9. The van der Waals surface area contributed by atoms with Gasteiger partial charge in [-0.15, -0.1) is 0 Å². The number of rotatable bonds is 5. The number of benzene rings is 2. The van der Waals surface area contributed by atoms with Crippen molar-refractivity contribution in [2.45, 2.75) is 32.7 Å². The third-order valence-corrected chi connectivity index (χ3v) is 3.39. The normalized spacial score (nSPS) is 12.7. The monoisotopic (exact) mass is 271 g/mol. The van der Waals surface area contributed by atoms with Gasteiger partial charge in [-0.1, -0.05) is 50.2 Å². The van der Waals surface area contributed by atoms with E-state index in [1.807, 2.05) is 0 Å². The summed E-state index contributed by atoms with van der Waals surface area (Å²) in [6.45, 7) is 4.43. The van der Waals surface area contributed by atoms with E-state index >= 15 is 0 Å². The van der Waals surface area contributed by atoms with Crippen LogP contribution in [0.1, 0.15) is 36.6 Å². The molecule has 0 fully saturated rings. The van der Waals surface area contributed by atoms with E-state index in [1.54, 1.807) is 12.1 Å². The van der Waals surface area contributed by atoms with E-state index in [2.05, 4.69) is 38.1 Å². The van der Waals surface area contributed by atoms with Crippen LogP contribution in [0.3, 0.4) is 0 Å². The van der Waals surface area contributed by atoms with Crippen molar-refractivity contribution in [3.63, 3.8) is 0 Å². The lowest BCUT2D eigenvalue weighted by molar-refractivity contribution is 0.625. The van der Waals surface area contributed by atoms with Crippen molar-refractivity contribution >= 4 is 0 Å². The topological polar surface area (TPSA) is 26.0 Å². The van der Waals surface area contributed by atoms with Gasteiger partial charge in [-0.05, 0) is 47.6 Å². The molecular weight excluding hydrogens is 249 g/mol. The molecule has 2 aromatic rings. The second-order valence-electron chi connectivity index (χ2n) is 5.78. The summed E-state index contributed by atoms with van der Waals surface area (Å²) < 4.78 is 12.9. The van der Waals surface area contributed by atoms with Gasteiger partial charge in [0.1, 0.15) is 5.82 Å². The average molecular weight is 271 g/mol. The molecule has 0 heterocycles. The van der Waals surface area contributed by atoms with Gasteiger partial charge in [-0.25, -0.2) is 4.39 Å². The maximum Gasteiger partial charge on any atom is 0.123 e. The average Bonchev–Trinajstić information content (AvgIpc) is 2.41. The first-order valence-corrected chi connectivity index (χ1v) is 7.13. The number of hydrogen-bond donors (Lipinski definition) is 1. The zero-order chi connectivity index (χ0) is 14.5. The zero-order valence-electron chi connectivity index (χ0n) is 12.1. The van der Waals surface area contributed by atoms with E-state index in [4.69, 9.17) is 5.73 Å². The Morgan fingerprint density at radius 2 is 1.65 bits per heavy atom. The fourth-order valence-electron chi connectivity index (χ4n) is 2.41. The Kier molecular flexibility index (Phi) is 4.91. The molecule has 0 saturated carbocycles. The van der Waals surface area contributed by atoms with E-state index in [0.717, 1.165) is 24.0 Å². The first-order valence-electron chi connectivity index (χ1n) is 7.13. The van der Waals surface area contributed by atoms with Gasteiger partial charge in [0.2, 0.25) is 0 Å². The fourth-order valence-corrected chi connectivity index (χ4v) is 2.41. The van der Waals surface area contributed by atoms with Gasteiger partial charge in [0.05, 0.1) is 0 Å². The van der Waals surface area contributed by atoms with E-state index in [-0.39, 0.29) is 11.9 Å². The molecule has 2 N–H and O–H groups in total. The lowest BCUT2D eigenvalue weighted by Crippen LogP contribution is -2.13. The van der Waals surface area contributed by atoms with Crippen molar-refractivity contribution in [2.24, 2.45) is 11.7 Å². The summed E-state index contributed by atoms with van der Waals surface area (Å²) >= 11 is 0. The standard InChI is InChI=1S/C18H22FN/c1-13(2)10-15-4-3-5-16(11-15)18(20)12-14-6-8-17(19)9-7-14/h3-9,11,13,18H,10,12,20H2,1-2H3. The number of halogens is 1. The van der Waals surface area contributed by atoms with Crippen LogP contribution < -0.4 is 5.73 Å². The molecule has 0 amide bonds. The Hall–Kier alpha value is -1.67. The molecule has 20 heavy (non-hydrogen) atoms. The lowest BCUT2D eigenvalue weighted by Gasteiger charge is -2.14. The highest BCUT2D eigenvalue weighted by Crippen LogP contribution is 2.19. The van der Waals surface area contributed by atoms with E-state index in [0.29, 0.717) is 5.92 Å². The van der Waals surface area contributed by atoms with Crippen LogP contribution in [0.4, 0.5) is 4.39 Å². The third kappa shape index (κ3) is 4.17. The molecule has 0 aromatic heterocycles. The van der Waals surface area contributed by atoms with Crippen LogP contribution in [0.25, 0.3) is 0 Å². The highest BCUT2D eigenvalue weighted by Gasteiger charge is 2.08. The van der Waals surface area contributed by atoms with E-state index in [9.17, 15) is 4.39 Å². The Morgan fingerprint density at radius 3 is 2.30 bits per heavy atom. The molecule has 1 nitrogen and oxygen atoms in total. The van der Waals surface area contributed by atoms with Gasteiger partial charge in [-0.2, -0.15) is 0 Å². The van der Waals surface area contributed by atoms with E-state index < -0.39 is 0 Å². The van der Waals surface area contributed by atoms with E-state index in [1.165, 1.54) is 17.7 Å². The van der Waals surface area contributed by atoms with Crippen molar-refractivity contribution in [1.29, 1.82) is 0 Å². The smallest absolute Gasteiger partial charge is 0.123 e. The van der Waals surface area contributed by atoms with Gasteiger partial charge in [-0.3, -0.25) is 0 Å². The van der Waals surface area contributed by atoms with Crippen LogP contribution in [0, 0.1) is 11.7 Å². The van der Waals surface area contributed by atoms with Crippen molar-refractivity contribution in [3.8, 4) is 0 Å². The Bertz CT molecular complexity index is 546. The molecule has 1 unspecified atom stereocenters. The summed E-state index contributed by atoms with van der Waals surface area (Å²) in [5.41, 5.74) is 9.81. The van der Waals surface area contributed by atoms with Crippen LogP contribution in [0.2, 0.25) is 0 Å². The SMILES string of the molecule is CC(C)Cc1cccc(C(N)Cc2ccc(F)cc2)c1. The predicted octanol–water partition coefficient (Wildman–Crippen LogP) is 4.27. The minimum atomic E-state index is -0.207. The Morgan fingerprint density at radius 1 is 0.950 bits per heavy atom. The first-order chi connectivity index (χ1) is 9.54. The van der Waals surface area contributed by atoms with Crippen molar-refractivity contribution in [3.05, 3.63) is 71.0 Å². The second kappa shape index (κ2) is 6.67. The molecule has 2 aromatic carbocycles. The molecule has 0 bridgehead atoms. The third-order valence-electron chi connectivity index (χ3n) is 3.39. The van der Waals surface area contributed by atoms with Crippen molar-refractivity contribution in [2.75, 3.05) is 0 Å². The molecular formula is C18H22FN. The van der Waals surface area contributed by atoms with Crippen molar-refractivity contribution in [1.82, 2.24) is 0 Å². The number of nitrogens with two attached hydrogens (primary N) is 1. The van der Waals surface area contributed by atoms with Gasteiger partial charge in [0, 0.05) is 6.04 Å². The quantitative estimate of drug-likeness (QED) is 0.863. The molecule has 0 spiro atoms. The van der Waals surface area contributed by atoms with Crippen LogP contribution in [0.15, 0.2) is 48.5 Å². The van der Waals surface area contributed by atoms with Gasteiger partial charge < -0.3 is 5.73 Å². The maximum atomic E-state index is 12.9. The van der Waals surface area contributed by atoms with Crippen LogP contribution in [0.5, 0.6) is 0 Å². The Balaban J connectivity index is 2.08. The molecule has 2 heteroatoms. The number of hydrogen-bond acceptors (Lipinski definition) is 1. The molecule has 0 radical (unpaired) electrons. The van der Waals surface area contributed by atoms with Gasteiger partial charge in [0.25, 0.3) is 0 Å². The van der Waals surface area contributed by atoms with Crippen molar-refractivity contribution < 1.29 is 4.39 Å². The molecule has 0 aliphatic heterocycles. The highest BCUT2D eigenvalue weighted by molar-refractivity contribution is 5.28. The molecule has 1 atom stereocenters. The van der Waals surface area contributed by atoms with Gasteiger partial charge >= 0.3 is 0 Å². The summed E-state index contributed by atoms with van der Waals surface area (Å²) in [5, 5.41) is 0. The predicted molar refractivity (Wildman–Crippen MR) is 82.0 cm³/mol. The largest absolute Gasteiger partial charge is 0.324 e. The molecule has 0 aliphatic carbocycles. The minimum Gasteiger partial charge on any atom is -0.324 e. The molecule has 0 aliphatic rings. The lowest BCUT2D eigenvalue weighted by atomic mass is 9.95. The summed E-state index contributed by atoms with van der Waals surface area (Å²) in [4.78, 5) is 0.